The normalized spacial score (nSPS) is 14.8. The summed E-state index contributed by atoms with van der Waals surface area (Å²) in [5.41, 5.74) is 6.48. The summed E-state index contributed by atoms with van der Waals surface area (Å²) in [6.07, 6.45) is 4.78. The van der Waals surface area contributed by atoms with Crippen molar-refractivity contribution in [3.8, 4) is 0 Å². The van der Waals surface area contributed by atoms with Crippen LogP contribution in [0.2, 0.25) is 0 Å². The van der Waals surface area contributed by atoms with Gasteiger partial charge >= 0.3 is 11.8 Å². The quantitative estimate of drug-likeness (QED) is 0.494. The van der Waals surface area contributed by atoms with Gasteiger partial charge in [-0.15, -0.1) is 0 Å². The van der Waals surface area contributed by atoms with Crippen molar-refractivity contribution in [2.75, 3.05) is 17.6 Å². The maximum absolute atomic E-state index is 13.1. The third-order valence-electron chi connectivity index (χ3n) is 6.63. The molecule has 0 bridgehead atoms. The summed E-state index contributed by atoms with van der Waals surface area (Å²) >= 11 is 0. The summed E-state index contributed by atoms with van der Waals surface area (Å²) < 4.78 is 7.74. The SMILES string of the molecule is Cn1c(N)c(NC(=O)CCCCCCN(C(=O)OC(C)(C)C)C2CCc3ccccc32)c(=O)n(C)c1=O. The Balaban J connectivity index is 1.52. The number of nitrogens with two attached hydrogens (primary N) is 1. The van der Waals surface area contributed by atoms with E-state index < -0.39 is 16.9 Å². The molecule has 1 atom stereocenters. The summed E-state index contributed by atoms with van der Waals surface area (Å²) in [5.74, 6) is -0.405. The average molecular weight is 514 g/mol. The van der Waals surface area contributed by atoms with Gasteiger partial charge in [-0.1, -0.05) is 37.1 Å². The van der Waals surface area contributed by atoms with Gasteiger partial charge < -0.3 is 20.7 Å². The molecule has 10 nitrogen and oxygen atoms in total. The molecule has 1 heterocycles. The van der Waals surface area contributed by atoms with Crippen LogP contribution in [0, 0.1) is 0 Å². The van der Waals surface area contributed by atoms with Gasteiger partial charge in [0.25, 0.3) is 5.56 Å². The van der Waals surface area contributed by atoms with Crippen LogP contribution in [-0.2, 0) is 30.0 Å². The van der Waals surface area contributed by atoms with Crippen LogP contribution in [0.5, 0.6) is 0 Å². The minimum absolute atomic E-state index is 0.00624. The lowest BCUT2D eigenvalue weighted by atomic mass is 10.1. The molecule has 0 spiro atoms. The van der Waals surface area contributed by atoms with Crippen LogP contribution in [0.25, 0.3) is 0 Å². The number of ether oxygens (including phenoxy) is 1. The molecule has 1 unspecified atom stereocenters. The maximum Gasteiger partial charge on any atom is 0.410 e. The van der Waals surface area contributed by atoms with Crippen molar-refractivity contribution in [3.05, 3.63) is 56.2 Å². The van der Waals surface area contributed by atoms with Crippen LogP contribution < -0.4 is 22.3 Å². The summed E-state index contributed by atoms with van der Waals surface area (Å²) in [5, 5.41) is 2.55. The van der Waals surface area contributed by atoms with Gasteiger partial charge in [0, 0.05) is 27.1 Å². The first kappa shape index (κ1) is 28.0. The topological polar surface area (TPSA) is 129 Å². The largest absolute Gasteiger partial charge is 0.444 e. The van der Waals surface area contributed by atoms with Crippen molar-refractivity contribution < 1.29 is 14.3 Å². The van der Waals surface area contributed by atoms with Crippen LogP contribution in [0.15, 0.2) is 33.9 Å². The number of hydrogen-bond donors (Lipinski definition) is 2. The first-order chi connectivity index (χ1) is 17.4. The third-order valence-corrected chi connectivity index (χ3v) is 6.63. The molecule has 2 aromatic rings. The van der Waals surface area contributed by atoms with Crippen LogP contribution >= 0.6 is 0 Å². The van der Waals surface area contributed by atoms with Crippen molar-refractivity contribution in [3.63, 3.8) is 0 Å². The third kappa shape index (κ3) is 6.81. The Morgan fingerprint density at radius 3 is 2.46 bits per heavy atom. The molecule has 0 aliphatic heterocycles. The first-order valence-electron chi connectivity index (χ1n) is 12.8. The van der Waals surface area contributed by atoms with Gasteiger partial charge in [0.15, 0.2) is 0 Å². The zero-order valence-electron chi connectivity index (χ0n) is 22.5. The summed E-state index contributed by atoms with van der Waals surface area (Å²) in [6.45, 7) is 6.18. The molecular weight excluding hydrogens is 474 g/mol. The fourth-order valence-corrected chi connectivity index (χ4v) is 4.65. The van der Waals surface area contributed by atoms with Crippen molar-refractivity contribution in [2.24, 2.45) is 14.1 Å². The molecule has 0 saturated carbocycles. The standard InChI is InChI=1S/C27H39N5O5/c1-27(2,3)37-26(36)32(20-16-15-18-12-9-10-13-19(18)20)17-11-7-6-8-14-21(33)29-22-23(28)30(4)25(35)31(5)24(22)34/h9-10,12-13,20H,6-8,11,14-17,28H2,1-5H3,(H,29,33). The highest BCUT2D eigenvalue weighted by molar-refractivity contribution is 5.92. The summed E-state index contributed by atoms with van der Waals surface area (Å²) in [6, 6.07) is 8.25. The van der Waals surface area contributed by atoms with Gasteiger partial charge in [0.2, 0.25) is 5.91 Å². The van der Waals surface area contributed by atoms with Gasteiger partial charge in [-0.05, 0) is 57.6 Å². The Morgan fingerprint density at radius 1 is 1.08 bits per heavy atom. The molecule has 3 N–H and O–H groups in total. The van der Waals surface area contributed by atoms with Gasteiger partial charge in [-0.3, -0.25) is 18.7 Å². The van der Waals surface area contributed by atoms with Crippen molar-refractivity contribution >= 4 is 23.5 Å². The zero-order valence-corrected chi connectivity index (χ0v) is 22.5. The number of amides is 2. The number of benzene rings is 1. The minimum Gasteiger partial charge on any atom is -0.444 e. The van der Waals surface area contributed by atoms with E-state index in [2.05, 4.69) is 17.4 Å². The Hall–Kier alpha value is -3.56. The molecule has 1 aliphatic carbocycles. The van der Waals surface area contributed by atoms with E-state index >= 15 is 0 Å². The molecule has 1 aromatic carbocycles. The van der Waals surface area contributed by atoms with Crippen LogP contribution in [0.4, 0.5) is 16.3 Å². The van der Waals surface area contributed by atoms with Crippen LogP contribution in [0.1, 0.15) is 76.5 Å². The van der Waals surface area contributed by atoms with E-state index in [9.17, 15) is 19.2 Å². The molecule has 1 aliphatic rings. The first-order valence-corrected chi connectivity index (χ1v) is 12.8. The molecule has 0 saturated heterocycles. The number of aromatic nitrogens is 2. The van der Waals surface area contributed by atoms with E-state index in [1.165, 1.54) is 25.2 Å². The Kier molecular flexibility index (Phi) is 8.83. The van der Waals surface area contributed by atoms with Crippen molar-refractivity contribution in [1.82, 2.24) is 14.0 Å². The number of unbranched alkanes of at least 4 members (excludes halogenated alkanes) is 3. The van der Waals surface area contributed by atoms with Crippen LogP contribution in [0.3, 0.4) is 0 Å². The minimum atomic E-state index is -0.635. The van der Waals surface area contributed by atoms with Crippen molar-refractivity contribution in [1.29, 1.82) is 0 Å². The number of carbonyl (C=O) groups excluding carboxylic acids is 2. The maximum atomic E-state index is 13.1. The summed E-state index contributed by atoms with van der Waals surface area (Å²) in [4.78, 5) is 51.6. The van der Waals surface area contributed by atoms with E-state index in [1.807, 2.05) is 37.8 Å². The highest BCUT2D eigenvalue weighted by Crippen LogP contribution is 2.36. The van der Waals surface area contributed by atoms with Crippen molar-refractivity contribution in [2.45, 2.75) is 77.4 Å². The number of fused-ring (bicyclic) bond motifs is 1. The monoisotopic (exact) mass is 513 g/mol. The van der Waals surface area contributed by atoms with E-state index in [1.54, 1.807) is 0 Å². The number of hydrogen-bond acceptors (Lipinski definition) is 6. The molecule has 10 heteroatoms. The number of nitrogens with zero attached hydrogens (tertiary/aromatic N) is 3. The Morgan fingerprint density at radius 2 is 1.76 bits per heavy atom. The number of nitrogens with one attached hydrogen (secondary N) is 1. The van der Waals surface area contributed by atoms with E-state index in [-0.39, 0.29) is 36.0 Å². The smallest absolute Gasteiger partial charge is 0.410 e. The molecule has 1 aromatic heterocycles. The van der Waals surface area contributed by atoms with Gasteiger partial charge in [-0.2, -0.15) is 0 Å². The van der Waals surface area contributed by atoms with Gasteiger partial charge in [0.1, 0.15) is 17.1 Å². The fourth-order valence-electron chi connectivity index (χ4n) is 4.65. The second-order valence-corrected chi connectivity index (χ2v) is 10.6. The number of carbonyl (C=O) groups is 2. The van der Waals surface area contributed by atoms with E-state index in [0.717, 1.165) is 41.2 Å². The highest BCUT2D eigenvalue weighted by atomic mass is 16.6. The predicted molar refractivity (Wildman–Crippen MR) is 143 cm³/mol. The molecular formula is C27H39N5O5. The van der Waals surface area contributed by atoms with Crippen LogP contribution in [-0.4, -0.2) is 38.2 Å². The Labute approximate surface area is 217 Å². The second kappa shape index (κ2) is 11.7. The van der Waals surface area contributed by atoms with E-state index in [0.29, 0.717) is 13.0 Å². The zero-order chi connectivity index (χ0) is 27.3. The predicted octanol–water partition coefficient (Wildman–Crippen LogP) is 3.48. The molecule has 0 fully saturated rings. The lowest BCUT2D eigenvalue weighted by Crippen LogP contribution is -2.40. The molecule has 2 amide bonds. The highest BCUT2D eigenvalue weighted by Gasteiger charge is 2.33. The number of rotatable bonds is 9. The average Bonchev–Trinajstić information content (AvgIpc) is 3.26. The van der Waals surface area contributed by atoms with Gasteiger partial charge in [-0.25, -0.2) is 9.59 Å². The second-order valence-electron chi connectivity index (χ2n) is 10.6. The lowest BCUT2D eigenvalue weighted by Gasteiger charge is -2.32. The number of nitrogen functional groups attached to an aromatic ring is 1. The van der Waals surface area contributed by atoms with E-state index in [4.69, 9.17) is 10.5 Å². The molecule has 0 radical (unpaired) electrons. The number of aryl methyl sites for hydroxylation is 1. The molecule has 202 valence electrons. The summed E-state index contributed by atoms with van der Waals surface area (Å²) in [7, 11) is 2.78. The fraction of sp³-hybridized carbons (Fsp3) is 0.556. The van der Waals surface area contributed by atoms with Gasteiger partial charge in [0.05, 0.1) is 6.04 Å². The molecule has 3 rings (SSSR count). The lowest BCUT2D eigenvalue weighted by molar-refractivity contribution is -0.116. The molecule has 37 heavy (non-hydrogen) atoms. The number of anilines is 2. The Bertz CT molecular complexity index is 1260.